The Bertz CT molecular complexity index is 544. The Balaban J connectivity index is 2.54. The van der Waals surface area contributed by atoms with E-state index in [0.29, 0.717) is 12.0 Å². The van der Waals surface area contributed by atoms with Gasteiger partial charge in [0, 0.05) is 12.8 Å². The van der Waals surface area contributed by atoms with E-state index in [4.69, 9.17) is 0 Å². The molecular weight excluding hydrogens is 310 g/mol. The number of hydrogen-bond acceptors (Lipinski definition) is 4. The smallest absolute Gasteiger partial charge is 0.326 e. The van der Waals surface area contributed by atoms with Gasteiger partial charge in [0.1, 0.15) is 6.04 Å². The van der Waals surface area contributed by atoms with Crippen molar-refractivity contribution in [3.8, 4) is 0 Å². The molecule has 0 spiro atoms. The molecule has 2 atom stereocenters. The molecule has 0 bridgehead atoms. The fourth-order valence-corrected chi connectivity index (χ4v) is 2.32. The second-order valence-electron chi connectivity index (χ2n) is 5.76. The van der Waals surface area contributed by atoms with Crippen LogP contribution in [-0.4, -0.2) is 33.9 Å². The number of carboxylic acid groups (broad SMARTS) is 1. The van der Waals surface area contributed by atoms with Gasteiger partial charge in [-0.1, -0.05) is 56.5 Å². The SMILES string of the molecule is CCCCCCC(=O)C(=O)N[C@H](C[C@H](O)c1ccccc1)C(=O)O. The van der Waals surface area contributed by atoms with E-state index in [1.165, 1.54) is 0 Å². The van der Waals surface area contributed by atoms with Crippen LogP contribution in [0.15, 0.2) is 30.3 Å². The normalized spacial score (nSPS) is 13.1. The van der Waals surface area contributed by atoms with Crippen molar-refractivity contribution in [2.75, 3.05) is 0 Å². The van der Waals surface area contributed by atoms with Crippen molar-refractivity contribution in [2.45, 2.75) is 57.6 Å². The molecule has 0 heterocycles. The minimum absolute atomic E-state index is 0.111. The number of amides is 1. The number of carbonyl (C=O) groups is 3. The van der Waals surface area contributed by atoms with Gasteiger partial charge in [0.2, 0.25) is 5.78 Å². The fourth-order valence-electron chi connectivity index (χ4n) is 2.32. The van der Waals surface area contributed by atoms with Crippen molar-refractivity contribution >= 4 is 17.7 Å². The molecule has 1 rings (SSSR count). The summed E-state index contributed by atoms with van der Waals surface area (Å²) in [5.41, 5.74) is 0.559. The molecule has 0 aromatic heterocycles. The Kier molecular flexibility index (Phi) is 8.71. The Labute approximate surface area is 141 Å². The minimum Gasteiger partial charge on any atom is -0.480 e. The number of Topliss-reactive ketones (excluding diaryl/α,β-unsaturated/α-hetero) is 1. The summed E-state index contributed by atoms with van der Waals surface area (Å²) >= 11 is 0. The van der Waals surface area contributed by atoms with Gasteiger partial charge in [0.05, 0.1) is 6.10 Å². The molecule has 1 aromatic rings. The quantitative estimate of drug-likeness (QED) is 0.425. The minimum atomic E-state index is -1.31. The molecule has 0 aliphatic heterocycles. The van der Waals surface area contributed by atoms with Gasteiger partial charge in [0.25, 0.3) is 5.91 Å². The summed E-state index contributed by atoms with van der Waals surface area (Å²) in [4.78, 5) is 34.9. The van der Waals surface area contributed by atoms with Crippen molar-refractivity contribution in [2.24, 2.45) is 0 Å². The lowest BCUT2D eigenvalue weighted by atomic mass is 10.0. The Morgan fingerprint density at radius 3 is 2.33 bits per heavy atom. The fraction of sp³-hybridized carbons (Fsp3) is 0.500. The van der Waals surface area contributed by atoms with Gasteiger partial charge < -0.3 is 15.5 Å². The molecule has 0 aliphatic carbocycles. The highest BCUT2D eigenvalue weighted by atomic mass is 16.4. The molecule has 0 unspecified atom stereocenters. The highest BCUT2D eigenvalue weighted by molar-refractivity contribution is 6.36. The topological polar surface area (TPSA) is 104 Å². The zero-order valence-corrected chi connectivity index (χ0v) is 13.9. The number of nitrogens with one attached hydrogen (secondary N) is 1. The van der Waals surface area contributed by atoms with E-state index in [0.717, 1.165) is 19.3 Å². The number of aliphatic carboxylic acids is 1. The highest BCUT2D eigenvalue weighted by Crippen LogP contribution is 2.18. The molecule has 1 amide bonds. The molecule has 0 saturated carbocycles. The lowest BCUT2D eigenvalue weighted by Gasteiger charge is -2.18. The summed E-state index contributed by atoms with van der Waals surface area (Å²) in [7, 11) is 0. The molecule has 24 heavy (non-hydrogen) atoms. The number of hydrogen-bond donors (Lipinski definition) is 3. The van der Waals surface area contributed by atoms with Gasteiger partial charge >= 0.3 is 5.97 Å². The maximum atomic E-state index is 11.8. The number of aliphatic hydroxyl groups is 1. The average Bonchev–Trinajstić information content (AvgIpc) is 2.58. The Hall–Kier alpha value is -2.21. The van der Waals surface area contributed by atoms with E-state index < -0.39 is 29.8 Å². The van der Waals surface area contributed by atoms with Crippen molar-refractivity contribution in [3.63, 3.8) is 0 Å². The maximum absolute atomic E-state index is 11.8. The number of unbranched alkanes of at least 4 members (excludes halogenated alkanes) is 3. The first kappa shape index (κ1) is 19.8. The maximum Gasteiger partial charge on any atom is 0.326 e. The first-order valence-electron chi connectivity index (χ1n) is 8.25. The number of rotatable bonds is 11. The van der Waals surface area contributed by atoms with Gasteiger partial charge in [-0.15, -0.1) is 0 Å². The van der Waals surface area contributed by atoms with Crippen molar-refractivity contribution in [3.05, 3.63) is 35.9 Å². The molecule has 0 fully saturated rings. The molecule has 6 heteroatoms. The van der Waals surface area contributed by atoms with Gasteiger partial charge in [0.15, 0.2) is 0 Å². The highest BCUT2D eigenvalue weighted by Gasteiger charge is 2.26. The summed E-state index contributed by atoms with van der Waals surface area (Å²) in [5.74, 6) is -2.80. The van der Waals surface area contributed by atoms with Crippen LogP contribution in [0.1, 0.15) is 57.1 Å². The van der Waals surface area contributed by atoms with E-state index in [2.05, 4.69) is 5.32 Å². The van der Waals surface area contributed by atoms with Gasteiger partial charge in [-0.05, 0) is 12.0 Å². The third-order valence-electron chi connectivity index (χ3n) is 3.76. The summed E-state index contributed by atoms with van der Waals surface area (Å²) in [6.07, 6.45) is 2.38. The molecule has 0 saturated heterocycles. The summed E-state index contributed by atoms with van der Waals surface area (Å²) in [6, 6.07) is 7.27. The number of carboxylic acids is 1. The van der Waals surface area contributed by atoms with E-state index >= 15 is 0 Å². The predicted molar refractivity (Wildman–Crippen MR) is 89.4 cm³/mol. The van der Waals surface area contributed by atoms with Crippen molar-refractivity contribution in [1.82, 2.24) is 5.32 Å². The summed E-state index contributed by atoms with van der Waals surface area (Å²) < 4.78 is 0. The van der Waals surface area contributed by atoms with Crippen LogP contribution in [0.4, 0.5) is 0 Å². The van der Waals surface area contributed by atoms with Crippen LogP contribution >= 0.6 is 0 Å². The molecular formula is C18H25NO5. The number of aliphatic hydroxyl groups excluding tert-OH is 1. The number of benzene rings is 1. The van der Waals surface area contributed by atoms with Gasteiger partial charge in [-0.25, -0.2) is 4.79 Å². The first-order valence-corrected chi connectivity index (χ1v) is 8.25. The predicted octanol–water partition coefficient (Wildman–Crippen LogP) is 2.22. The lowest BCUT2D eigenvalue weighted by molar-refractivity contribution is -0.145. The Morgan fingerprint density at radius 2 is 1.75 bits per heavy atom. The Morgan fingerprint density at radius 1 is 1.08 bits per heavy atom. The van der Waals surface area contributed by atoms with Crippen LogP contribution in [-0.2, 0) is 14.4 Å². The molecule has 3 N–H and O–H groups in total. The molecule has 0 radical (unpaired) electrons. The largest absolute Gasteiger partial charge is 0.480 e. The standard InChI is InChI=1S/C18H25NO5/c1-2-3-4-8-11-15(20)17(22)19-14(18(23)24)12-16(21)13-9-6-5-7-10-13/h5-7,9-10,14,16,21H,2-4,8,11-12H2,1H3,(H,19,22)(H,23,24)/t14-,16+/m1/s1. The third kappa shape index (κ3) is 6.91. The van der Waals surface area contributed by atoms with Crippen LogP contribution in [0.2, 0.25) is 0 Å². The van der Waals surface area contributed by atoms with Crippen molar-refractivity contribution < 1.29 is 24.6 Å². The average molecular weight is 335 g/mol. The van der Waals surface area contributed by atoms with Crippen molar-refractivity contribution in [1.29, 1.82) is 0 Å². The van der Waals surface area contributed by atoms with E-state index in [-0.39, 0.29) is 12.8 Å². The molecule has 1 aromatic carbocycles. The van der Waals surface area contributed by atoms with E-state index in [1.54, 1.807) is 30.3 Å². The van der Waals surface area contributed by atoms with E-state index in [1.807, 2.05) is 6.92 Å². The van der Waals surface area contributed by atoms with Crippen LogP contribution in [0, 0.1) is 0 Å². The van der Waals surface area contributed by atoms with E-state index in [9.17, 15) is 24.6 Å². The lowest BCUT2D eigenvalue weighted by Crippen LogP contribution is -2.44. The zero-order valence-electron chi connectivity index (χ0n) is 13.9. The molecule has 0 aliphatic rings. The van der Waals surface area contributed by atoms with Gasteiger partial charge in [-0.3, -0.25) is 9.59 Å². The van der Waals surface area contributed by atoms with Crippen LogP contribution < -0.4 is 5.32 Å². The third-order valence-corrected chi connectivity index (χ3v) is 3.76. The van der Waals surface area contributed by atoms with Gasteiger partial charge in [-0.2, -0.15) is 0 Å². The first-order chi connectivity index (χ1) is 11.5. The van der Waals surface area contributed by atoms with Crippen LogP contribution in [0.25, 0.3) is 0 Å². The molecule has 6 nitrogen and oxygen atoms in total. The van der Waals surface area contributed by atoms with Crippen LogP contribution in [0.5, 0.6) is 0 Å². The summed E-state index contributed by atoms with van der Waals surface area (Å²) in [5, 5.41) is 21.5. The van der Waals surface area contributed by atoms with Crippen LogP contribution in [0.3, 0.4) is 0 Å². The summed E-state index contributed by atoms with van der Waals surface area (Å²) in [6.45, 7) is 2.05. The zero-order chi connectivity index (χ0) is 17.9. The second-order valence-corrected chi connectivity index (χ2v) is 5.76. The monoisotopic (exact) mass is 335 g/mol. The second kappa shape index (κ2) is 10.5. The number of carbonyl (C=O) groups excluding carboxylic acids is 2. The molecule has 132 valence electrons. The number of ketones is 1.